The van der Waals surface area contributed by atoms with Gasteiger partial charge in [-0.2, -0.15) is 0 Å². The number of fused-ring (bicyclic) bond motifs is 2. The van der Waals surface area contributed by atoms with E-state index in [1.165, 1.54) is 5.56 Å². The quantitative estimate of drug-likeness (QED) is 0.531. The van der Waals surface area contributed by atoms with Crippen LogP contribution < -0.4 is 5.06 Å². The normalized spacial score (nSPS) is 20.1. The van der Waals surface area contributed by atoms with Crippen molar-refractivity contribution in [2.75, 3.05) is 24.7 Å². The Morgan fingerprint density at radius 2 is 1.59 bits per heavy atom. The summed E-state index contributed by atoms with van der Waals surface area (Å²) in [4.78, 5) is 33.6. The predicted octanol–water partition coefficient (Wildman–Crippen LogP) is 5.62. The Morgan fingerprint density at radius 3 is 2.21 bits per heavy atom. The first kappa shape index (κ1) is 23.0. The molecule has 5 rings (SSSR count). The number of piperidine rings is 1. The highest BCUT2D eigenvalue weighted by Crippen LogP contribution is 2.52. The average molecular weight is 483 g/mol. The highest BCUT2D eigenvalue weighted by Gasteiger charge is 2.55. The molecule has 1 spiro atoms. The zero-order valence-electron chi connectivity index (χ0n) is 20.0. The second-order valence-electron chi connectivity index (χ2n) is 10.8. The second-order valence-corrected chi connectivity index (χ2v) is 11.2. The van der Waals surface area contributed by atoms with Gasteiger partial charge in [0, 0.05) is 23.5 Å². The molecule has 0 aromatic heterocycles. The Balaban J connectivity index is 1.30. The molecule has 180 valence electrons. The number of carbonyl (C=O) groups excluding carboxylic acids is 2. The molecule has 6 nitrogen and oxygen atoms in total. The number of amides is 1. The van der Waals surface area contributed by atoms with Gasteiger partial charge in [-0.1, -0.05) is 41.9 Å². The summed E-state index contributed by atoms with van der Waals surface area (Å²) < 4.78 is 5.37. The largest absolute Gasteiger partial charge is 0.533 e. The fourth-order valence-electron chi connectivity index (χ4n) is 5.41. The number of anilines is 1. The van der Waals surface area contributed by atoms with Crippen LogP contribution in [0.15, 0.2) is 48.5 Å². The molecule has 2 aromatic carbocycles. The molecule has 2 fully saturated rings. The van der Waals surface area contributed by atoms with Crippen LogP contribution in [0.25, 0.3) is 0 Å². The predicted molar refractivity (Wildman–Crippen MR) is 131 cm³/mol. The molecule has 2 heterocycles. The highest BCUT2D eigenvalue weighted by molar-refractivity contribution is 6.30. The summed E-state index contributed by atoms with van der Waals surface area (Å²) >= 11 is 6.06. The summed E-state index contributed by atoms with van der Waals surface area (Å²) in [5.41, 5.74) is 1.95. The van der Waals surface area contributed by atoms with Crippen molar-refractivity contribution in [3.05, 3.63) is 64.7 Å². The summed E-state index contributed by atoms with van der Waals surface area (Å²) in [6.45, 7) is 7.38. The van der Waals surface area contributed by atoms with E-state index in [0.717, 1.165) is 36.9 Å². The number of hydroxylamine groups is 1. The first-order chi connectivity index (χ1) is 16.1. The van der Waals surface area contributed by atoms with E-state index < -0.39 is 17.2 Å². The van der Waals surface area contributed by atoms with Gasteiger partial charge >= 0.3 is 6.16 Å². The van der Waals surface area contributed by atoms with Gasteiger partial charge in [-0.05, 0) is 75.8 Å². The second kappa shape index (κ2) is 8.19. The molecule has 0 atom stereocenters. The monoisotopic (exact) mass is 482 g/mol. The van der Waals surface area contributed by atoms with Gasteiger partial charge in [0.1, 0.15) is 5.60 Å². The third kappa shape index (κ3) is 4.13. The van der Waals surface area contributed by atoms with E-state index in [2.05, 4.69) is 6.07 Å². The number of halogens is 1. The van der Waals surface area contributed by atoms with Crippen molar-refractivity contribution in [2.45, 2.75) is 62.9 Å². The van der Waals surface area contributed by atoms with Crippen LogP contribution in [-0.2, 0) is 25.2 Å². The number of ether oxygens (including phenoxy) is 1. The number of likely N-dealkylation sites (tertiary alicyclic amines) is 1. The van der Waals surface area contributed by atoms with Crippen molar-refractivity contribution in [1.82, 2.24) is 4.90 Å². The molecular formula is C27H31ClN2O4. The summed E-state index contributed by atoms with van der Waals surface area (Å²) in [7, 11) is 0. The topological polar surface area (TPSA) is 59.1 Å². The summed E-state index contributed by atoms with van der Waals surface area (Å²) in [6.07, 6.45) is 2.71. The van der Waals surface area contributed by atoms with E-state index >= 15 is 0 Å². The minimum Gasteiger partial charge on any atom is -0.427 e. The van der Waals surface area contributed by atoms with Crippen molar-refractivity contribution in [1.29, 1.82) is 0 Å². The van der Waals surface area contributed by atoms with Gasteiger partial charge in [0.15, 0.2) is 0 Å². The van der Waals surface area contributed by atoms with Crippen LogP contribution >= 0.6 is 11.6 Å². The van der Waals surface area contributed by atoms with Gasteiger partial charge in [0.05, 0.1) is 17.6 Å². The maximum absolute atomic E-state index is 13.6. The van der Waals surface area contributed by atoms with Gasteiger partial charge in [0.25, 0.3) is 0 Å². The lowest BCUT2D eigenvalue weighted by atomic mass is 9.74. The van der Waals surface area contributed by atoms with Crippen molar-refractivity contribution in [3.63, 3.8) is 0 Å². The molecule has 0 unspecified atom stereocenters. The molecular weight excluding hydrogens is 452 g/mol. The van der Waals surface area contributed by atoms with Crippen molar-refractivity contribution < 1.29 is 19.2 Å². The lowest BCUT2D eigenvalue weighted by molar-refractivity contribution is -0.135. The Bertz CT molecular complexity index is 1100. The molecule has 2 aromatic rings. The molecule has 1 amide bonds. The summed E-state index contributed by atoms with van der Waals surface area (Å²) in [5, 5.41) is 2.35. The van der Waals surface area contributed by atoms with E-state index in [4.69, 9.17) is 21.2 Å². The Hall–Kier alpha value is -2.73. The first-order valence-corrected chi connectivity index (χ1v) is 12.3. The minimum atomic E-state index is -0.703. The van der Waals surface area contributed by atoms with Gasteiger partial charge in [-0.25, -0.2) is 9.86 Å². The number of nitrogens with zero attached hydrogens (tertiary/aromatic N) is 2. The van der Waals surface area contributed by atoms with Crippen molar-refractivity contribution >= 4 is 29.4 Å². The van der Waals surface area contributed by atoms with Gasteiger partial charge in [0.2, 0.25) is 5.91 Å². The minimum absolute atomic E-state index is 0.160. The van der Waals surface area contributed by atoms with E-state index in [1.54, 1.807) is 5.06 Å². The Labute approximate surface area is 205 Å². The molecule has 3 aliphatic rings. The average Bonchev–Trinajstić information content (AvgIpc) is 3.55. The fourth-order valence-corrected chi connectivity index (χ4v) is 5.54. The van der Waals surface area contributed by atoms with Gasteiger partial charge in [-0.15, -0.1) is 0 Å². The zero-order chi connectivity index (χ0) is 24.1. The number of hydrogen-bond acceptors (Lipinski definition) is 5. The number of hydrogen-bond donors (Lipinski definition) is 0. The van der Waals surface area contributed by atoms with E-state index in [-0.39, 0.29) is 11.3 Å². The lowest BCUT2D eigenvalue weighted by Crippen LogP contribution is -2.50. The van der Waals surface area contributed by atoms with Crippen LogP contribution in [0.5, 0.6) is 0 Å². The molecule has 1 aliphatic carbocycles. The summed E-state index contributed by atoms with van der Waals surface area (Å²) in [5.74, 6) is 0.220. The summed E-state index contributed by atoms with van der Waals surface area (Å²) in [6, 6.07) is 15.8. The number of carbonyl (C=O) groups is 2. The molecule has 1 saturated heterocycles. The molecule has 2 aliphatic heterocycles. The highest BCUT2D eigenvalue weighted by atomic mass is 35.5. The Kier molecular flexibility index (Phi) is 5.55. The number of para-hydroxylation sites is 1. The van der Waals surface area contributed by atoms with E-state index in [1.807, 2.05) is 68.1 Å². The smallest absolute Gasteiger partial charge is 0.427 e. The van der Waals surface area contributed by atoms with Crippen LogP contribution in [0, 0.1) is 0 Å². The maximum atomic E-state index is 13.6. The zero-order valence-corrected chi connectivity index (χ0v) is 20.7. The van der Waals surface area contributed by atoms with Crippen LogP contribution in [0.2, 0.25) is 5.02 Å². The van der Waals surface area contributed by atoms with Crippen LogP contribution in [-0.4, -0.2) is 42.2 Å². The molecule has 0 N–H and O–H groups in total. The molecule has 34 heavy (non-hydrogen) atoms. The maximum Gasteiger partial charge on any atom is 0.533 e. The SMILES string of the molecule is CC(C)(C)OC(=O)ON1CC2(CCN(C(=O)C3(c4ccc(Cl)cc4)CC3)CC2)c2ccccc21. The van der Waals surface area contributed by atoms with Crippen molar-refractivity contribution in [2.24, 2.45) is 0 Å². The molecule has 7 heteroatoms. The lowest BCUT2D eigenvalue weighted by Gasteiger charge is -2.41. The molecule has 0 radical (unpaired) electrons. The van der Waals surface area contributed by atoms with E-state index in [9.17, 15) is 9.59 Å². The third-order valence-corrected chi connectivity index (χ3v) is 7.58. The van der Waals surface area contributed by atoms with Crippen LogP contribution in [0.3, 0.4) is 0 Å². The number of benzene rings is 2. The first-order valence-electron chi connectivity index (χ1n) is 12.0. The van der Waals surface area contributed by atoms with Crippen LogP contribution in [0.1, 0.15) is 57.6 Å². The van der Waals surface area contributed by atoms with Gasteiger partial charge in [-0.3, -0.25) is 4.79 Å². The number of rotatable bonds is 3. The third-order valence-electron chi connectivity index (χ3n) is 7.33. The van der Waals surface area contributed by atoms with Crippen LogP contribution in [0.4, 0.5) is 10.5 Å². The Morgan fingerprint density at radius 1 is 0.941 bits per heavy atom. The molecule has 1 saturated carbocycles. The standard InChI is InChI=1S/C27H31ClN2O4/c1-25(2,3)33-24(32)34-30-18-26(21-6-4-5-7-22(21)30)14-16-29(17-15-26)23(31)27(12-13-27)19-8-10-20(28)11-9-19/h4-11H,12-18H2,1-3H3. The fraction of sp³-hybridized carbons (Fsp3) is 0.481. The van der Waals surface area contributed by atoms with Gasteiger partial charge < -0.3 is 14.5 Å². The van der Waals surface area contributed by atoms with Crippen molar-refractivity contribution in [3.8, 4) is 0 Å². The van der Waals surface area contributed by atoms with E-state index in [0.29, 0.717) is 24.7 Å². The molecule has 0 bridgehead atoms.